The van der Waals surface area contributed by atoms with Gasteiger partial charge in [-0.2, -0.15) is 0 Å². The second-order valence-corrected chi connectivity index (χ2v) is 7.53. The average molecular weight is 460 g/mol. The fourth-order valence-corrected chi connectivity index (χ4v) is 3.62. The maximum atomic E-state index is 12.5. The van der Waals surface area contributed by atoms with Crippen LogP contribution < -0.4 is 11.2 Å². The van der Waals surface area contributed by atoms with Crippen LogP contribution in [-0.4, -0.2) is 53.4 Å². The van der Waals surface area contributed by atoms with Gasteiger partial charge < -0.3 is 18.9 Å². The Morgan fingerprint density at radius 3 is 2.48 bits per heavy atom. The number of H-pyrrole nitrogens is 1. The lowest BCUT2D eigenvalue weighted by atomic mass is 9.94. The van der Waals surface area contributed by atoms with Gasteiger partial charge in [-0.15, -0.1) is 0 Å². The summed E-state index contributed by atoms with van der Waals surface area (Å²) in [5, 5.41) is 0. The van der Waals surface area contributed by atoms with E-state index in [-0.39, 0.29) is 18.6 Å². The number of rotatable bonds is 7. The minimum absolute atomic E-state index is 0.225. The molecular weight excluding hydrogens is 436 g/mol. The van der Waals surface area contributed by atoms with Crippen LogP contribution in [-0.2, 0) is 28.5 Å². The highest BCUT2D eigenvalue weighted by Gasteiger charge is 2.49. The van der Waals surface area contributed by atoms with Gasteiger partial charge in [0.05, 0.1) is 19.1 Å². The van der Waals surface area contributed by atoms with Crippen molar-refractivity contribution in [3.63, 3.8) is 0 Å². The molecule has 2 aromatic rings. The van der Waals surface area contributed by atoms with Crippen molar-refractivity contribution in [2.24, 2.45) is 5.92 Å². The number of methoxy groups -OCH3 is 1. The van der Waals surface area contributed by atoms with Crippen molar-refractivity contribution in [1.29, 1.82) is 0 Å². The van der Waals surface area contributed by atoms with Crippen LogP contribution in [0.1, 0.15) is 35.5 Å². The van der Waals surface area contributed by atoms with Crippen LogP contribution in [0.2, 0.25) is 0 Å². The first-order valence-electron chi connectivity index (χ1n) is 10.1. The van der Waals surface area contributed by atoms with E-state index in [0.29, 0.717) is 5.56 Å². The van der Waals surface area contributed by atoms with Gasteiger partial charge in [-0.3, -0.25) is 23.9 Å². The van der Waals surface area contributed by atoms with Crippen molar-refractivity contribution < 1.29 is 33.3 Å². The van der Waals surface area contributed by atoms with Crippen LogP contribution in [0.15, 0.2) is 46.1 Å². The number of aromatic amines is 1. The van der Waals surface area contributed by atoms with E-state index in [0.717, 1.165) is 4.57 Å². The van der Waals surface area contributed by atoms with E-state index in [1.54, 1.807) is 30.3 Å². The Morgan fingerprint density at radius 1 is 1.15 bits per heavy atom. The fraction of sp³-hybridized carbons (Fsp3) is 0.409. The zero-order valence-electron chi connectivity index (χ0n) is 18.3. The molecule has 1 fully saturated rings. The van der Waals surface area contributed by atoms with Crippen LogP contribution >= 0.6 is 0 Å². The van der Waals surface area contributed by atoms with Crippen LogP contribution in [0, 0.1) is 12.8 Å². The Morgan fingerprint density at radius 2 is 1.85 bits per heavy atom. The lowest BCUT2D eigenvalue weighted by molar-refractivity contribution is -0.156. The van der Waals surface area contributed by atoms with Crippen molar-refractivity contribution in [1.82, 2.24) is 9.55 Å². The number of aromatic nitrogens is 2. The van der Waals surface area contributed by atoms with Crippen molar-refractivity contribution in [3.05, 3.63) is 68.5 Å². The Labute approximate surface area is 188 Å². The molecule has 11 heteroatoms. The Bertz CT molecular complexity index is 1140. The number of esters is 3. The van der Waals surface area contributed by atoms with Gasteiger partial charge >= 0.3 is 23.6 Å². The normalized spacial score (nSPS) is 21.9. The highest BCUT2D eigenvalue weighted by atomic mass is 16.6. The largest absolute Gasteiger partial charge is 0.469 e. The first-order chi connectivity index (χ1) is 15.7. The maximum Gasteiger partial charge on any atom is 0.338 e. The number of benzene rings is 1. The first kappa shape index (κ1) is 23.9. The summed E-state index contributed by atoms with van der Waals surface area (Å²) in [5.74, 6) is -2.68. The molecular formula is C22H24N2O9. The molecule has 2 heterocycles. The molecule has 3 rings (SSSR count). The van der Waals surface area contributed by atoms with Gasteiger partial charge in [0.1, 0.15) is 12.7 Å². The van der Waals surface area contributed by atoms with Crippen LogP contribution in [0.4, 0.5) is 0 Å². The average Bonchev–Trinajstić information content (AvgIpc) is 3.11. The number of hydrogen-bond donors (Lipinski definition) is 1. The Hall–Kier alpha value is -3.73. The quantitative estimate of drug-likeness (QED) is 0.467. The van der Waals surface area contributed by atoms with Gasteiger partial charge in [0.2, 0.25) is 0 Å². The molecule has 176 valence electrons. The minimum Gasteiger partial charge on any atom is -0.469 e. The first-order valence-corrected chi connectivity index (χ1v) is 10.1. The van der Waals surface area contributed by atoms with E-state index in [1.807, 2.05) is 0 Å². The number of aryl methyl sites for hydroxylation is 1. The third-order valence-electron chi connectivity index (χ3n) is 5.24. The molecule has 1 aliphatic rings. The lowest BCUT2D eigenvalue weighted by Crippen LogP contribution is -2.39. The van der Waals surface area contributed by atoms with E-state index in [2.05, 4.69) is 4.98 Å². The summed E-state index contributed by atoms with van der Waals surface area (Å²) in [6.45, 7) is 2.40. The van der Waals surface area contributed by atoms with Crippen molar-refractivity contribution in [3.8, 4) is 0 Å². The van der Waals surface area contributed by atoms with Crippen LogP contribution in [0.25, 0.3) is 0 Å². The summed E-state index contributed by atoms with van der Waals surface area (Å²) in [5.41, 5.74) is -0.812. The Balaban J connectivity index is 1.93. The van der Waals surface area contributed by atoms with Crippen LogP contribution in [0.5, 0.6) is 0 Å². The SMILES string of the molecule is COC(=O)C[C@H]1[C@@H](OC(C)=O)[C@H](n2cc(C)c(=O)[nH]c2=O)O[C@@H]1COC(=O)c1ccccc1. The molecule has 0 amide bonds. The summed E-state index contributed by atoms with van der Waals surface area (Å²) < 4.78 is 22.6. The smallest absolute Gasteiger partial charge is 0.338 e. The minimum atomic E-state index is -1.17. The predicted octanol–water partition coefficient (Wildman–Crippen LogP) is 0.710. The van der Waals surface area contributed by atoms with E-state index >= 15 is 0 Å². The summed E-state index contributed by atoms with van der Waals surface area (Å²) >= 11 is 0. The molecule has 33 heavy (non-hydrogen) atoms. The molecule has 0 aliphatic carbocycles. The molecule has 4 atom stereocenters. The van der Waals surface area contributed by atoms with Crippen LogP contribution in [0.3, 0.4) is 0 Å². The molecule has 1 N–H and O–H groups in total. The second kappa shape index (κ2) is 10.3. The summed E-state index contributed by atoms with van der Waals surface area (Å²) in [6, 6.07) is 8.27. The van der Waals surface area contributed by atoms with Gasteiger partial charge in [-0.1, -0.05) is 18.2 Å². The van der Waals surface area contributed by atoms with Gasteiger partial charge in [-0.05, 0) is 19.1 Å². The van der Waals surface area contributed by atoms with Gasteiger partial charge in [0.15, 0.2) is 12.3 Å². The number of carbonyl (C=O) groups excluding carboxylic acids is 3. The third-order valence-corrected chi connectivity index (χ3v) is 5.24. The Kier molecular flexibility index (Phi) is 7.44. The standard InChI is InChI=1S/C22H24N2O9/c1-12-10-24(22(29)23-19(12)27)20-18(32-13(2)25)15(9-17(26)30-3)16(33-20)11-31-21(28)14-7-5-4-6-8-14/h4-8,10,15-16,18,20H,9,11H2,1-3H3,(H,23,27,29)/t15-,16-,18-,20-/m1/s1. The molecule has 1 aromatic carbocycles. The van der Waals surface area contributed by atoms with E-state index in [9.17, 15) is 24.0 Å². The second-order valence-electron chi connectivity index (χ2n) is 7.53. The molecule has 0 radical (unpaired) electrons. The molecule has 0 saturated carbocycles. The summed E-state index contributed by atoms with van der Waals surface area (Å²) in [7, 11) is 1.21. The zero-order valence-corrected chi connectivity index (χ0v) is 18.3. The predicted molar refractivity (Wildman–Crippen MR) is 112 cm³/mol. The van der Waals surface area contributed by atoms with E-state index < -0.39 is 53.5 Å². The fourth-order valence-electron chi connectivity index (χ4n) is 3.62. The van der Waals surface area contributed by atoms with Gasteiger partial charge in [0, 0.05) is 24.6 Å². The number of nitrogens with zero attached hydrogens (tertiary/aromatic N) is 1. The molecule has 0 spiro atoms. The number of nitrogens with one attached hydrogen (secondary N) is 1. The highest BCUT2D eigenvalue weighted by Crippen LogP contribution is 2.38. The summed E-state index contributed by atoms with van der Waals surface area (Å²) in [6.07, 6.45) is -2.13. The van der Waals surface area contributed by atoms with E-state index in [4.69, 9.17) is 18.9 Å². The zero-order chi connectivity index (χ0) is 24.1. The summed E-state index contributed by atoms with van der Waals surface area (Å²) in [4.78, 5) is 62.7. The van der Waals surface area contributed by atoms with Crippen molar-refractivity contribution in [2.45, 2.75) is 38.7 Å². The van der Waals surface area contributed by atoms with E-state index in [1.165, 1.54) is 27.2 Å². The molecule has 1 aromatic heterocycles. The van der Waals surface area contributed by atoms with Gasteiger partial charge in [0.25, 0.3) is 5.56 Å². The number of hydrogen-bond acceptors (Lipinski definition) is 9. The monoisotopic (exact) mass is 460 g/mol. The molecule has 11 nitrogen and oxygen atoms in total. The molecule has 0 bridgehead atoms. The molecule has 0 unspecified atom stereocenters. The third kappa shape index (κ3) is 5.55. The van der Waals surface area contributed by atoms with Gasteiger partial charge in [-0.25, -0.2) is 9.59 Å². The number of carbonyl (C=O) groups is 3. The molecule has 1 aliphatic heterocycles. The highest BCUT2D eigenvalue weighted by molar-refractivity contribution is 5.89. The van der Waals surface area contributed by atoms with Crippen molar-refractivity contribution >= 4 is 17.9 Å². The molecule has 1 saturated heterocycles. The number of ether oxygens (including phenoxy) is 4. The topological polar surface area (TPSA) is 143 Å². The van der Waals surface area contributed by atoms with Crippen molar-refractivity contribution in [2.75, 3.05) is 13.7 Å². The maximum absolute atomic E-state index is 12.5. The lowest BCUT2D eigenvalue weighted by Gasteiger charge is -2.23.